The van der Waals surface area contributed by atoms with Crippen LogP contribution in [0.1, 0.15) is 32.1 Å². The lowest BCUT2D eigenvalue weighted by Gasteiger charge is -2.18. The number of rotatable bonds is 4. The molecule has 2 rings (SSSR count). The summed E-state index contributed by atoms with van der Waals surface area (Å²) in [7, 11) is 0. The second kappa shape index (κ2) is 5.36. The van der Waals surface area contributed by atoms with E-state index in [4.69, 9.17) is 5.73 Å². The van der Waals surface area contributed by atoms with Crippen molar-refractivity contribution in [1.29, 1.82) is 0 Å². The molecule has 19 heavy (non-hydrogen) atoms. The standard InChI is InChI=1S/C13H17FN4O/c1-3-8(2)11(15)12-16-17-13(19)18(12)10-7-5-4-6-9(10)14/h4-8,11H,3,15H2,1-2H3,(H,17,19)/t8-,11-/m0/s1. The maximum absolute atomic E-state index is 13.8. The first-order valence-electron chi connectivity index (χ1n) is 6.24. The predicted octanol–water partition coefficient (Wildman–Crippen LogP) is 1.75. The Morgan fingerprint density at radius 3 is 2.79 bits per heavy atom. The van der Waals surface area contributed by atoms with Crippen molar-refractivity contribution in [3.05, 3.63) is 46.4 Å². The van der Waals surface area contributed by atoms with Crippen LogP contribution in [0.5, 0.6) is 0 Å². The molecule has 5 nitrogen and oxygen atoms in total. The Morgan fingerprint density at radius 1 is 1.47 bits per heavy atom. The summed E-state index contributed by atoms with van der Waals surface area (Å²) in [6, 6.07) is 5.63. The molecule has 1 heterocycles. The molecule has 0 unspecified atom stereocenters. The summed E-state index contributed by atoms with van der Waals surface area (Å²) < 4.78 is 15.0. The smallest absolute Gasteiger partial charge is 0.321 e. The van der Waals surface area contributed by atoms with E-state index < -0.39 is 17.5 Å². The van der Waals surface area contributed by atoms with Gasteiger partial charge in [0.15, 0.2) is 5.82 Å². The van der Waals surface area contributed by atoms with E-state index in [9.17, 15) is 9.18 Å². The number of benzene rings is 1. The number of para-hydroxylation sites is 1. The number of nitrogens with one attached hydrogen (secondary N) is 1. The fourth-order valence-corrected chi connectivity index (χ4v) is 1.91. The number of nitrogens with two attached hydrogens (primary N) is 1. The highest BCUT2D eigenvalue weighted by Gasteiger charge is 2.22. The first-order chi connectivity index (χ1) is 9.06. The zero-order valence-corrected chi connectivity index (χ0v) is 10.9. The van der Waals surface area contributed by atoms with Crippen molar-refractivity contribution in [1.82, 2.24) is 14.8 Å². The van der Waals surface area contributed by atoms with Gasteiger partial charge in [-0.05, 0) is 18.1 Å². The second-order valence-corrected chi connectivity index (χ2v) is 4.59. The summed E-state index contributed by atoms with van der Waals surface area (Å²) in [6.45, 7) is 3.97. The summed E-state index contributed by atoms with van der Waals surface area (Å²) in [5, 5.41) is 6.27. The van der Waals surface area contributed by atoms with Gasteiger partial charge in [0.1, 0.15) is 5.82 Å². The third kappa shape index (κ3) is 2.44. The third-order valence-corrected chi connectivity index (χ3v) is 3.35. The number of H-pyrrole nitrogens is 1. The number of hydrogen-bond donors (Lipinski definition) is 2. The molecule has 0 aliphatic rings. The lowest BCUT2D eigenvalue weighted by molar-refractivity contribution is 0.432. The molecule has 6 heteroatoms. The minimum atomic E-state index is -0.487. The lowest BCUT2D eigenvalue weighted by Crippen LogP contribution is -2.26. The summed E-state index contributed by atoms with van der Waals surface area (Å²) in [5.74, 6) is 0.00813. The van der Waals surface area contributed by atoms with Crippen LogP contribution >= 0.6 is 0 Å². The molecule has 0 saturated carbocycles. The fourth-order valence-electron chi connectivity index (χ4n) is 1.91. The largest absolute Gasteiger partial charge is 0.348 e. The topological polar surface area (TPSA) is 76.7 Å². The highest BCUT2D eigenvalue weighted by Crippen LogP contribution is 2.22. The zero-order chi connectivity index (χ0) is 14.0. The van der Waals surface area contributed by atoms with Gasteiger partial charge < -0.3 is 5.73 Å². The molecule has 102 valence electrons. The Hall–Kier alpha value is -1.95. The van der Waals surface area contributed by atoms with Crippen molar-refractivity contribution in [3.8, 4) is 5.69 Å². The molecular weight excluding hydrogens is 247 g/mol. The van der Waals surface area contributed by atoms with E-state index in [1.807, 2.05) is 13.8 Å². The molecule has 0 saturated heterocycles. The molecule has 1 aromatic carbocycles. The maximum Gasteiger partial charge on any atom is 0.348 e. The monoisotopic (exact) mass is 264 g/mol. The van der Waals surface area contributed by atoms with Crippen LogP contribution in [0.3, 0.4) is 0 Å². The van der Waals surface area contributed by atoms with E-state index in [1.54, 1.807) is 12.1 Å². The summed E-state index contributed by atoms with van der Waals surface area (Å²) in [5.41, 5.74) is 5.76. The summed E-state index contributed by atoms with van der Waals surface area (Å²) in [4.78, 5) is 11.8. The average Bonchev–Trinajstić information content (AvgIpc) is 2.79. The van der Waals surface area contributed by atoms with Crippen LogP contribution in [0.2, 0.25) is 0 Å². The van der Waals surface area contributed by atoms with E-state index >= 15 is 0 Å². The van der Waals surface area contributed by atoms with Crippen LogP contribution in [-0.2, 0) is 0 Å². The van der Waals surface area contributed by atoms with E-state index in [0.717, 1.165) is 6.42 Å². The predicted molar refractivity (Wildman–Crippen MR) is 70.5 cm³/mol. The van der Waals surface area contributed by atoms with Crippen LogP contribution in [-0.4, -0.2) is 14.8 Å². The molecule has 1 aromatic heterocycles. The molecule has 0 radical (unpaired) electrons. The molecule has 0 bridgehead atoms. The molecule has 3 N–H and O–H groups in total. The van der Waals surface area contributed by atoms with Crippen LogP contribution < -0.4 is 11.4 Å². The summed E-state index contributed by atoms with van der Waals surface area (Å²) >= 11 is 0. The van der Waals surface area contributed by atoms with E-state index in [2.05, 4.69) is 10.2 Å². The van der Waals surface area contributed by atoms with Crippen molar-refractivity contribution in [2.24, 2.45) is 11.7 Å². The molecule has 2 aromatic rings. The zero-order valence-electron chi connectivity index (χ0n) is 10.9. The van der Waals surface area contributed by atoms with Gasteiger partial charge in [0.25, 0.3) is 0 Å². The Kier molecular flexibility index (Phi) is 3.80. The summed E-state index contributed by atoms with van der Waals surface area (Å²) in [6.07, 6.45) is 0.847. The lowest BCUT2D eigenvalue weighted by atomic mass is 9.99. The Bertz CT molecular complexity index is 619. The number of aromatic nitrogens is 3. The number of nitrogens with zero attached hydrogens (tertiary/aromatic N) is 2. The highest BCUT2D eigenvalue weighted by atomic mass is 19.1. The van der Waals surface area contributed by atoms with Gasteiger partial charge in [-0.3, -0.25) is 0 Å². The van der Waals surface area contributed by atoms with Crippen molar-refractivity contribution >= 4 is 0 Å². The van der Waals surface area contributed by atoms with Gasteiger partial charge in [-0.1, -0.05) is 32.4 Å². The average molecular weight is 264 g/mol. The van der Waals surface area contributed by atoms with E-state index in [-0.39, 0.29) is 11.6 Å². The molecule has 2 atom stereocenters. The van der Waals surface area contributed by atoms with Crippen molar-refractivity contribution < 1.29 is 4.39 Å². The Labute approximate surface area is 110 Å². The fraction of sp³-hybridized carbons (Fsp3) is 0.385. The van der Waals surface area contributed by atoms with Gasteiger partial charge in [0.05, 0.1) is 11.7 Å². The van der Waals surface area contributed by atoms with Crippen LogP contribution in [0.4, 0.5) is 4.39 Å². The normalized spacial score (nSPS) is 14.3. The molecule has 0 spiro atoms. The third-order valence-electron chi connectivity index (χ3n) is 3.35. The Balaban J connectivity index is 2.56. The number of halogens is 1. The SMILES string of the molecule is CC[C@H](C)[C@H](N)c1n[nH]c(=O)n1-c1ccccc1F. The van der Waals surface area contributed by atoms with Crippen LogP contribution in [0.25, 0.3) is 5.69 Å². The highest BCUT2D eigenvalue weighted by molar-refractivity contribution is 5.34. The minimum absolute atomic E-state index is 0.140. The molecule has 0 fully saturated rings. The maximum atomic E-state index is 13.8. The second-order valence-electron chi connectivity index (χ2n) is 4.59. The van der Waals surface area contributed by atoms with Gasteiger partial charge in [-0.2, -0.15) is 5.10 Å². The molecule has 0 amide bonds. The van der Waals surface area contributed by atoms with Crippen LogP contribution in [0.15, 0.2) is 29.1 Å². The molecule has 0 aliphatic heterocycles. The van der Waals surface area contributed by atoms with Gasteiger partial charge in [-0.25, -0.2) is 18.9 Å². The van der Waals surface area contributed by atoms with Gasteiger partial charge in [0, 0.05) is 0 Å². The quantitative estimate of drug-likeness (QED) is 0.883. The van der Waals surface area contributed by atoms with Crippen molar-refractivity contribution in [3.63, 3.8) is 0 Å². The first kappa shape index (κ1) is 13.5. The van der Waals surface area contributed by atoms with Gasteiger partial charge in [-0.15, -0.1) is 0 Å². The first-order valence-corrected chi connectivity index (χ1v) is 6.24. The minimum Gasteiger partial charge on any atom is -0.321 e. The molecule has 0 aliphatic carbocycles. The molecular formula is C13H17FN4O. The van der Waals surface area contributed by atoms with E-state index in [0.29, 0.717) is 5.82 Å². The van der Waals surface area contributed by atoms with Gasteiger partial charge in [0.2, 0.25) is 0 Å². The van der Waals surface area contributed by atoms with Gasteiger partial charge >= 0.3 is 5.69 Å². The van der Waals surface area contributed by atoms with Crippen LogP contribution in [0, 0.1) is 11.7 Å². The van der Waals surface area contributed by atoms with Crippen molar-refractivity contribution in [2.75, 3.05) is 0 Å². The number of hydrogen-bond acceptors (Lipinski definition) is 3. The van der Waals surface area contributed by atoms with E-state index in [1.165, 1.54) is 16.7 Å². The van der Waals surface area contributed by atoms with Crippen molar-refractivity contribution in [2.45, 2.75) is 26.3 Å². The number of aromatic amines is 1. The Morgan fingerprint density at radius 2 is 2.16 bits per heavy atom.